The number of benzene rings is 1. The monoisotopic (exact) mass is 457 g/mol. The van der Waals surface area contributed by atoms with E-state index in [1.54, 1.807) is 6.20 Å². The number of pyridine rings is 1. The first-order valence-electron chi connectivity index (χ1n) is 13.2. The smallest absolute Gasteiger partial charge is 0.137 e. The topological polar surface area (TPSA) is 31.4 Å². The van der Waals surface area contributed by atoms with Gasteiger partial charge in [0.15, 0.2) is 0 Å². The van der Waals surface area contributed by atoms with Crippen molar-refractivity contribution in [1.29, 1.82) is 0 Å². The lowest BCUT2D eigenvalue weighted by molar-refractivity contribution is 0.183. The zero-order valence-electron chi connectivity index (χ0n) is 20.9. The second kappa shape index (κ2) is 17.4. The molecule has 1 aromatic heterocycles. The average Bonchev–Trinajstić information content (AvgIpc) is 2.85. The number of hydrogen-bond donors (Lipinski definition) is 0. The SMILES string of the molecule is CCCCCCCCOc1ccc(-c2ccc(OC[C@@H](F)CCCCCCCC)cn2)cc1. The third-order valence-corrected chi connectivity index (χ3v) is 5.95. The normalized spacial score (nSPS) is 12.0. The van der Waals surface area contributed by atoms with Gasteiger partial charge in [0, 0.05) is 5.56 Å². The molecule has 0 N–H and O–H groups in total. The number of halogens is 1. The molecule has 0 fully saturated rings. The van der Waals surface area contributed by atoms with Gasteiger partial charge in [-0.3, -0.25) is 4.98 Å². The predicted molar refractivity (Wildman–Crippen MR) is 137 cm³/mol. The molecule has 33 heavy (non-hydrogen) atoms. The number of hydrogen-bond acceptors (Lipinski definition) is 3. The Morgan fingerprint density at radius 3 is 1.94 bits per heavy atom. The highest BCUT2D eigenvalue weighted by atomic mass is 19.1. The summed E-state index contributed by atoms with van der Waals surface area (Å²) >= 11 is 0. The van der Waals surface area contributed by atoms with E-state index in [4.69, 9.17) is 9.47 Å². The van der Waals surface area contributed by atoms with Gasteiger partial charge in [-0.1, -0.05) is 84.5 Å². The van der Waals surface area contributed by atoms with Crippen molar-refractivity contribution in [2.45, 2.75) is 103 Å². The summed E-state index contributed by atoms with van der Waals surface area (Å²) in [4.78, 5) is 4.48. The van der Waals surface area contributed by atoms with Crippen LogP contribution < -0.4 is 9.47 Å². The van der Waals surface area contributed by atoms with Crippen molar-refractivity contribution in [3.8, 4) is 22.8 Å². The van der Waals surface area contributed by atoms with Crippen molar-refractivity contribution in [1.82, 2.24) is 4.98 Å². The molecule has 0 saturated carbocycles. The lowest BCUT2D eigenvalue weighted by Gasteiger charge is -2.11. The molecule has 1 atom stereocenters. The zero-order chi connectivity index (χ0) is 23.6. The van der Waals surface area contributed by atoms with E-state index in [-0.39, 0.29) is 6.61 Å². The Morgan fingerprint density at radius 1 is 0.697 bits per heavy atom. The number of unbranched alkanes of at least 4 members (excludes halogenated alkanes) is 10. The summed E-state index contributed by atoms with van der Waals surface area (Å²) in [6, 6.07) is 11.8. The lowest BCUT2D eigenvalue weighted by atomic mass is 10.1. The van der Waals surface area contributed by atoms with E-state index >= 15 is 0 Å². The molecule has 2 rings (SSSR count). The Morgan fingerprint density at radius 2 is 1.30 bits per heavy atom. The molecule has 0 amide bonds. The maximum absolute atomic E-state index is 14.1. The number of aromatic nitrogens is 1. The van der Waals surface area contributed by atoms with Gasteiger partial charge in [-0.2, -0.15) is 0 Å². The molecule has 0 saturated heterocycles. The first-order valence-corrected chi connectivity index (χ1v) is 13.2. The van der Waals surface area contributed by atoms with Crippen molar-refractivity contribution < 1.29 is 13.9 Å². The maximum atomic E-state index is 14.1. The van der Waals surface area contributed by atoms with Gasteiger partial charge >= 0.3 is 0 Å². The first kappa shape index (κ1) is 27.1. The van der Waals surface area contributed by atoms with Crippen molar-refractivity contribution in [3.05, 3.63) is 42.6 Å². The predicted octanol–water partition coefficient (Wildman–Crippen LogP) is 8.96. The maximum Gasteiger partial charge on any atom is 0.137 e. The highest BCUT2D eigenvalue weighted by molar-refractivity contribution is 5.60. The minimum absolute atomic E-state index is 0.0978. The van der Waals surface area contributed by atoms with Crippen LogP contribution in [0.25, 0.3) is 11.3 Å². The molecule has 0 aliphatic rings. The van der Waals surface area contributed by atoms with Crippen LogP contribution in [0.4, 0.5) is 4.39 Å². The van der Waals surface area contributed by atoms with Crippen LogP contribution in [0, 0.1) is 0 Å². The standard InChI is InChI=1S/C29H44FNO2/c1-3-5-7-9-11-13-15-26(30)24-33-28-20-21-29(31-23-28)25-16-18-27(19-17-25)32-22-14-12-10-8-6-4-2/h16-21,23,26H,3-15,22,24H2,1-2H3/t26-/m0/s1. The zero-order valence-corrected chi connectivity index (χ0v) is 20.9. The molecular formula is C29H44FNO2. The fourth-order valence-electron chi connectivity index (χ4n) is 3.85. The van der Waals surface area contributed by atoms with Gasteiger partial charge in [-0.25, -0.2) is 4.39 Å². The van der Waals surface area contributed by atoms with Crippen molar-refractivity contribution >= 4 is 0 Å². The summed E-state index contributed by atoms with van der Waals surface area (Å²) in [6.07, 6.45) is 16.0. The summed E-state index contributed by atoms with van der Waals surface area (Å²) in [6.45, 7) is 5.31. The minimum Gasteiger partial charge on any atom is -0.494 e. The van der Waals surface area contributed by atoms with Crippen LogP contribution in [0.15, 0.2) is 42.6 Å². The van der Waals surface area contributed by atoms with Crippen LogP contribution in [0.1, 0.15) is 97.3 Å². The third-order valence-electron chi connectivity index (χ3n) is 5.95. The van der Waals surface area contributed by atoms with Crippen molar-refractivity contribution in [3.63, 3.8) is 0 Å². The lowest BCUT2D eigenvalue weighted by Crippen LogP contribution is -2.12. The van der Waals surface area contributed by atoms with E-state index < -0.39 is 6.17 Å². The summed E-state index contributed by atoms with van der Waals surface area (Å²) in [7, 11) is 0. The van der Waals surface area contributed by atoms with E-state index in [1.807, 2.05) is 36.4 Å². The Labute approximate surface area is 201 Å². The van der Waals surface area contributed by atoms with Gasteiger partial charge in [0.2, 0.25) is 0 Å². The Bertz CT molecular complexity index is 717. The van der Waals surface area contributed by atoms with Gasteiger partial charge in [-0.15, -0.1) is 0 Å². The van der Waals surface area contributed by atoms with E-state index in [0.717, 1.165) is 42.9 Å². The summed E-state index contributed by atoms with van der Waals surface area (Å²) in [5.74, 6) is 1.51. The minimum atomic E-state index is -0.917. The van der Waals surface area contributed by atoms with E-state index in [1.165, 1.54) is 57.8 Å². The second-order valence-corrected chi connectivity index (χ2v) is 8.98. The molecule has 0 aliphatic carbocycles. The van der Waals surface area contributed by atoms with Crippen LogP contribution >= 0.6 is 0 Å². The highest BCUT2D eigenvalue weighted by Gasteiger charge is 2.08. The van der Waals surface area contributed by atoms with Crippen molar-refractivity contribution in [2.24, 2.45) is 0 Å². The molecular weight excluding hydrogens is 413 g/mol. The summed E-state index contributed by atoms with van der Waals surface area (Å²) < 4.78 is 25.5. The van der Waals surface area contributed by atoms with Crippen LogP contribution in [0.3, 0.4) is 0 Å². The highest BCUT2D eigenvalue weighted by Crippen LogP contribution is 2.23. The summed E-state index contributed by atoms with van der Waals surface area (Å²) in [5, 5.41) is 0. The molecule has 0 radical (unpaired) electrons. The van der Waals surface area contributed by atoms with Gasteiger partial charge in [0.05, 0.1) is 18.5 Å². The van der Waals surface area contributed by atoms with E-state index in [9.17, 15) is 4.39 Å². The molecule has 0 spiro atoms. The quantitative estimate of drug-likeness (QED) is 0.197. The van der Waals surface area contributed by atoms with Gasteiger partial charge in [-0.05, 0) is 49.2 Å². The van der Waals surface area contributed by atoms with Crippen LogP contribution in [0.2, 0.25) is 0 Å². The Hall–Kier alpha value is -2.10. The van der Waals surface area contributed by atoms with Crippen LogP contribution in [-0.4, -0.2) is 24.4 Å². The van der Waals surface area contributed by atoms with Gasteiger partial charge in [0.1, 0.15) is 24.3 Å². The molecule has 2 aromatic rings. The third kappa shape index (κ3) is 12.1. The second-order valence-electron chi connectivity index (χ2n) is 8.98. The molecule has 1 heterocycles. The number of nitrogens with zero attached hydrogens (tertiary/aromatic N) is 1. The Balaban J connectivity index is 1.65. The number of ether oxygens (including phenoxy) is 2. The van der Waals surface area contributed by atoms with Crippen LogP contribution in [-0.2, 0) is 0 Å². The molecule has 184 valence electrons. The molecule has 3 nitrogen and oxygen atoms in total. The number of alkyl halides is 1. The van der Waals surface area contributed by atoms with E-state index in [2.05, 4.69) is 18.8 Å². The summed E-state index contributed by atoms with van der Waals surface area (Å²) in [5.41, 5.74) is 1.90. The largest absolute Gasteiger partial charge is 0.494 e. The molecule has 4 heteroatoms. The molecule has 0 unspecified atom stereocenters. The molecule has 0 aliphatic heterocycles. The van der Waals surface area contributed by atoms with Gasteiger partial charge < -0.3 is 9.47 Å². The van der Waals surface area contributed by atoms with Crippen LogP contribution in [0.5, 0.6) is 11.5 Å². The van der Waals surface area contributed by atoms with Crippen molar-refractivity contribution in [2.75, 3.05) is 13.2 Å². The molecule has 0 bridgehead atoms. The fraction of sp³-hybridized carbons (Fsp3) is 0.621. The molecule has 1 aromatic carbocycles. The number of rotatable bonds is 19. The van der Waals surface area contributed by atoms with Gasteiger partial charge in [0.25, 0.3) is 0 Å². The van der Waals surface area contributed by atoms with E-state index in [0.29, 0.717) is 12.2 Å². The fourth-order valence-corrected chi connectivity index (χ4v) is 3.85. The average molecular weight is 458 g/mol. The Kier molecular flexibility index (Phi) is 14.3. The first-order chi connectivity index (χ1) is 16.2.